The minimum atomic E-state index is 0.165. The van der Waals surface area contributed by atoms with Crippen molar-refractivity contribution < 1.29 is 9.15 Å². The molecule has 3 heteroatoms. The zero-order chi connectivity index (χ0) is 14.4. The van der Waals surface area contributed by atoms with Crippen molar-refractivity contribution in [2.45, 2.75) is 33.2 Å². The number of nitrogens with one attached hydrogen (secondary N) is 1. The second-order valence-corrected chi connectivity index (χ2v) is 4.90. The molecule has 1 aromatic heterocycles. The summed E-state index contributed by atoms with van der Waals surface area (Å²) in [6.07, 6.45) is 2.85. The third-order valence-corrected chi connectivity index (χ3v) is 3.18. The van der Waals surface area contributed by atoms with Crippen molar-refractivity contribution >= 4 is 0 Å². The first-order valence-corrected chi connectivity index (χ1v) is 7.25. The molecular formula is C17H23NO2. The van der Waals surface area contributed by atoms with Gasteiger partial charge in [0.15, 0.2) is 0 Å². The Bertz CT molecular complexity index is 516. The smallest absolute Gasteiger partial charge is 0.119 e. The van der Waals surface area contributed by atoms with E-state index in [2.05, 4.69) is 37.4 Å². The van der Waals surface area contributed by atoms with Gasteiger partial charge in [0.2, 0.25) is 0 Å². The lowest BCUT2D eigenvalue weighted by molar-refractivity contribution is 0.317. The van der Waals surface area contributed by atoms with Gasteiger partial charge < -0.3 is 14.5 Å². The van der Waals surface area contributed by atoms with E-state index in [1.54, 1.807) is 0 Å². The Kier molecular flexibility index (Phi) is 5.24. The lowest BCUT2D eigenvalue weighted by Gasteiger charge is -2.17. The number of hydrogen-bond acceptors (Lipinski definition) is 3. The summed E-state index contributed by atoms with van der Waals surface area (Å²) in [5, 5.41) is 3.49. The number of furan rings is 1. The van der Waals surface area contributed by atoms with Gasteiger partial charge >= 0.3 is 0 Å². The monoisotopic (exact) mass is 273 g/mol. The molecule has 0 fully saturated rings. The SMILES string of the molecule is CCCOc1ccc(C(NCC)c2coc(C)c2)cc1. The van der Waals surface area contributed by atoms with Gasteiger partial charge in [0.1, 0.15) is 11.5 Å². The van der Waals surface area contributed by atoms with Crippen LogP contribution in [0.25, 0.3) is 0 Å². The van der Waals surface area contributed by atoms with Gasteiger partial charge in [0.25, 0.3) is 0 Å². The first kappa shape index (κ1) is 14.7. The Hall–Kier alpha value is -1.74. The summed E-state index contributed by atoms with van der Waals surface area (Å²) in [6, 6.07) is 10.5. The molecule has 0 bridgehead atoms. The molecule has 1 N–H and O–H groups in total. The van der Waals surface area contributed by atoms with Gasteiger partial charge in [-0.05, 0) is 43.7 Å². The fraction of sp³-hybridized carbons (Fsp3) is 0.412. The van der Waals surface area contributed by atoms with Crippen molar-refractivity contribution in [3.05, 3.63) is 53.5 Å². The summed E-state index contributed by atoms with van der Waals surface area (Å²) in [7, 11) is 0. The average Bonchev–Trinajstić information content (AvgIpc) is 2.89. The molecule has 0 radical (unpaired) electrons. The third kappa shape index (κ3) is 3.64. The average molecular weight is 273 g/mol. The van der Waals surface area contributed by atoms with E-state index in [0.29, 0.717) is 0 Å². The van der Waals surface area contributed by atoms with Gasteiger partial charge in [-0.15, -0.1) is 0 Å². The Balaban J connectivity index is 2.17. The molecule has 1 aromatic carbocycles. The van der Waals surface area contributed by atoms with Crippen molar-refractivity contribution in [3.8, 4) is 5.75 Å². The third-order valence-electron chi connectivity index (χ3n) is 3.18. The van der Waals surface area contributed by atoms with Gasteiger partial charge in [0, 0.05) is 5.56 Å². The van der Waals surface area contributed by atoms with E-state index >= 15 is 0 Å². The molecule has 0 spiro atoms. The van der Waals surface area contributed by atoms with Crippen molar-refractivity contribution in [2.24, 2.45) is 0 Å². The molecule has 1 heterocycles. The minimum absolute atomic E-state index is 0.165. The summed E-state index contributed by atoms with van der Waals surface area (Å²) in [4.78, 5) is 0. The molecule has 0 saturated carbocycles. The maximum Gasteiger partial charge on any atom is 0.119 e. The van der Waals surface area contributed by atoms with E-state index in [-0.39, 0.29) is 6.04 Å². The normalized spacial score (nSPS) is 12.3. The van der Waals surface area contributed by atoms with Gasteiger partial charge in [-0.1, -0.05) is 26.0 Å². The summed E-state index contributed by atoms with van der Waals surface area (Å²) in [5.74, 6) is 1.86. The summed E-state index contributed by atoms with van der Waals surface area (Å²) in [5.41, 5.74) is 2.38. The molecule has 2 rings (SSSR count). The maximum atomic E-state index is 5.62. The molecule has 0 aliphatic rings. The zero-order valence-electron chi connectivity index (χ0n) is 12.5. The van der Waals surface area contributed by atoms with Crippen LogP contribution in [0.3, 0.4) is 0 Å². The Morgan fingerprint density at radius 1 is 1.15 bits per heavy atom. The van der Waals surface area contributed by atoms with E-state index in [4.69, 9.17) is 9.15 Å². The van der Waals surface area contributed by atoms with Crippen molar-refractivity contribution in [1.29, 1.82) is 0 Å². The second-order valence-electron chi connectivity index (χ2n) is 4.90. The van der Waals surface area contributed by atoms with Crippen LogP contribution in [0.5, 0.6) is 5.75 Å². The molecule has 108 valence electrons. The van der Waals surface area contributed by atoms with Crippen LogP contribution in [0.4, 0.5) is 0 Å². The summed E-state index contributed by atoms with van der Waals surface area (Å²) < 4.78 is 11.0. The quantitative estimate of drug-likeness (QED) is 0.825. The van der Waals surface area contributed by atoms with Gasteiger partial charge in [-0.25, -0.2) is 0 Å². The number of benzene rings is 1. The summed E-state index contributed by atoms with van der Waals surface area (Å²) in [6.45, 7) is 7.85. The number of ether oxygens (including phenoxy) is 1. The minimum Gasteiger partial charge on any atom is -0.494 e. The fourth-order valence-electron chi connectivity index (χ4n) is 2.22. The predicted octanol–water partition coefficient (Wildman–Crippen LogP) is 4.08. The van der Waals surface area contributed by atoms with Crippen molar-refractivity contribution in [3.63, 3.8) is 0 Å². The molecule has 0 aliphatic heterocycles. The van der Waals surface area contributed by atoms with Gasteiger partial charge in [0.05, 0.1) is 18.9 Å². The molecule has 2 aromatic rings. The van der Waals surface area contributed by atoms with Crippen LogP contribution in [-0.4, -0.2) is 13.2 Å². The Morgan fingerprint density at radius 3 is 2.45 bits per heavy atom. The standard InChI is InChI=1S/C17H23NO2/c1-4-10-19-16-8-6-14(7-9-16)17(18-5-2)15-11-13(3)20-12-15/h6-9,11-12,17-18H,4-5,10H2,1-3H3. The van der Waals surface area contributed by atoms with Crippen LogP contribution in [-0.2, 0) is 0 Å². The highest BCUT2D eigenvalue weighted by molar-refractivity contribution is 5.35. The van der Waals surface area contributed by atoms with Crippen LogP contribution in [0, 0.1) is 6.92 Å². The maximum absolute atomic E-state index is 5.62. The topological polar surface area (TPSA) is 34.4 Å². The fourth-order valence-corrected chi connectivity index (χ4v) is 2.22. The van der Waals surface area contributed by atoms with E-state index in [9.17, 15) is 0 Å². The Morgan fingerprint density at radius 2 is 1.90 bits per heavy atom. The zero-order valence-corrected chi connectivity index (χ0v) is 12.5. The van der Waals surface area contributed by atoms with Crippen LogP contribution in [0.15, 0.2) is 41.0 Å². The highest BCUT2D eigenvalue weighted by Crippen LogP contribution is 2.25. The van der Waals surface area contributed by atoms with Crippen molar-refractivity contribution in [2.75, 3.05) is 13.2 Å². The molecule has 0 saturated heterocycles. The second kappa shape index (κ2) is 7.15. The molecule has 1 atom stereocenters. The lowest BCUT2D eigenvalue weighted by atomic mass is 10.0. The molecule has 20 heavy (non-hydrogen) atoms. The highest BCUT2D eigenvalue weighted by Gasteiger charge is 2.15. The van der Waals surface area contributed by atoms with E-state index in [1.165, 1.54) is 5.56 Å². The van der Waals surface area contributed by atoms with E-state index in [1.807, 2.05) is 25.3 Å². The van der Waals surface area contributed by atoms with E-state index < -0.39 is 0 Å². The number of rotatable bonds is 7. The first-order chi connectivity index (χ1) is 9.74. The largest absolute Gasteiger partial charge is 0.494 e. The van der Waals surface area contributed by atoms with Gasteiger partial charge in [-0.2, -0.15) is 0 Å². The molecular weight excluding hydrogens is 250 g/mol. The molecule has 3 nitrogen and oxygen atoms in total. The lowest BCUT2D eigenvalue weighted by Crippen LogP contribution is -2.21. The van der Waals surface area contributed by atoms with Crippen LogP contribution in [0.2, 0.25) is 0 Å². The van der Waals surface area contributed by atoms with Gasteiger partial charge in [-0.3, -0.25) is 0 Å². The molecule has 0 amide bonds. The summed E-state index contributed by atoms with van der Waals surface area (Å²) >= 11 is 0. The highest BCUT2D eigenvalue weighted by atomic mass is 16.5. The predicted molar refractivity (Wildman–Crippen MR) is 81.2 cm³/mol. The van der Waals surface area contributed by atoms with E-state index in [0.717, 1.165) is 36.6 Å². The number of hydrogen-bond donors (Lipinski definition) is 1. The Labute approximate surface area is 121 Å². The van der Waals surface area contributed by atoms with Crippen LogP contribution >= 0.6 is 0 Å². The van der Waals surface area contributed by atoms with Crippen LogP contribution in [0.1, 0.15) is 43.2 Å². The van der Waals surface area contributed by atoms with Crippen LogP contribution < -0.4 is 10.1 Å². The molecule has 0 aliphatic carbocycles. The first-order valence-electron chi connectivity index (χ1n) is 7.25. The molecule has 1 unspecified atom stereocenters. The van der Waals surface area contributed by atoms with Crippen molar-refractivity contribution in [1.82, 2.24) is 5.32 Å². The number of aryl methyl sites for hydroxylation is 1.